The van der Waals surface area contributed by atoms with Crippen molar-refractivity contribution in [2.24, 2.45) is 41.4 Å². The number of hydrogen-bond donors (Lipinski definition) is 5. The first-order valence-corrected chi connectivity index (χ1v) is 31.8. The predicted molar refractivity (Wildman–Crippen MR) is 335 cm³/mol. The van der Waals surface area contributed by atoms with Gasteiger partial charge in [-0.3, -0.25) is 57.5 Å². The quantitative estimate of drug-likeness (QED) is 0.130. The Bertz CT molecular complexity index is 2520. The van der Waals surface area contributed by atoms with Crippen LogP contribution in [0, 0.1) is 41.4 Å². The molecule has 25 nitrogen and oxygen atoms in total. The van der Waals surface area contributed by atoms with Gasteiger partial charge < -0.3 is 65.4 Å². The first-order chi connectivity index (χ1) is 41.7. The highest BCUT2D eigenvalue weighted by Crippen LogP contribution is 2.27. The maximum Gasteiger partial charge on any atom is 0.575 e. The van der Waals surface area contributed by atoms with E-state index in [-0.39, 0.29) is 68.6 Å². The van der Waals surface area contributed by atoms with Crippen LogP contribution >= 0.6 is 0 Å². The molecular formula is C63H110F3N11O14. The van der Waals surface area contributed by atoms with Crippen molar-refractivity contribution in [2.75, 3.05) is 55.9 Å². The van der Waals surface area contributed by atoms with Crippen LogP contribution in [0.4, 0.5) is 13.2 Å². The topological polar surface area (TPSA) is 305 Å². The zero-order valence-corrected chi connectivity index (χ0v) is 58.3. The van der Waals surface area contributed by atoms with Crippen LogP contribution in [0.2, 0.25) is 0 Å². The highest BCUT2D eigenvalue weighted by molar-refractivity contribution is 5.99. The summed E-state index contributed by atoms with van der Waals surface area (Å²) in [4.78, 5) is 180. The third-order valence-corrected chi connectivity index (χ3v) is 16.6. The molecule has 11 amide bonds. The number of amides is 11. The highest BCUT2D eigenvalue weighted by Gasteiger charge is 2.46. The minimum absolute atomic E-state index is 0.0523. The first-order valence-electron chi connectivity index (χ1n) is 31.8. The van der Waals surface area contributed by atoms with Crippen molar-refractivity contribution < 1.29 is 80.5 Å². The van der Waals surface area contributed by atoms with Crippen molar-refractivity contribution in [3.63, 3.8) is 0 Å². The van der Waals surface area contributed by atoms with Crippen molar-refractivity contribution >= 4 is 70.9 Å². The summed E-state index contributed by atoms with van der Waals surface area (Å²) in [5.74, 6) is -13.2. The molecule has 28 heteroatoms. The predicted octanol–water partition coefficient (Wildman–Crippen LogP) is 3.54. The molecule has 12 atom stereocenters. The van der Waals surface area contributed by atoms with Gasteiger partial charge in [0.05, 0.1) is 12.6 Å². The first kappa shape index (κ1) is 82.4. The molecule has 1 rings (SSSR count). The number of aliphatic hydroxyl groups excluding tert-OH is 1. The van der Waals surface area contributed by atoms with Crippen LogP contribution in [0.25, 0.3) is 0 Å². The second-order valence-corrected chi connectivity index (χ2v) is 27.1. The zero-order valence-electron chi connectivity index (χ0n) is 58.3. The summed E-state index contributed by atoms with van der Waals surface area (Å²) in [5, 5.41) is 22.9. The van der Waals surface area contributed by atoms with E-state index in [4.69, 9.17) is 0 Å². The molecule has 0 aromatic rings. The monoisotopic (exact) mass is 1300 g/mol. The van der Waals surface area contributed by atoms with Crippen LogP contribution < -0.4 is 21.3 Å². The summed E-state index contributed by atoms with van der Waals surface area (Å²) in [6, 6.07) is -13.4. The Morgan fingerprint density at radius 3 is 1.37 bits per heavy atom. The average Bonchev–Trinajstić information content (AvgIpc) is 1.43. The van der Waals surface area contributed by atoms with Gasteiger partial charge >= 0.3 is 12.3 Å². The molecule has 0 radical (unpaired) electrons. The molecule has 0 saturated carbocycles. The van der Waals surface area contributed by atoms with E-state index in [1.54, 1.807) is 34.6 Å². The molecule has 0 spiro atoms. The van der Waals surface area contributed by atoms with Gasteiger partial charge in [0.25, 0.3) is 0 Å². The van der Waals surface area contributed by atoms with E-state index in [1.807, 2.05) is 55.4 Å². The van der Waals surface area contributed by atoms with Crippen molar-refractivity contribution in [3.05, 3.63) is 0 Å². The number of halogens is 3. The number of carbonyl (C=O) groups is 12. The van der Waals surface area contributed by atoms with Gasteiger partial charge in [-0.25, -0.2) is 0 Å². The molecule has 1 aliphatic heterocycles. The Labute approximate surface area is 537 Å². The summed E-state index contributed by atoms with van der Waals surface area (Å²) < 4.78 is 42.1. The molecule has 1 saturated heterocycles. The molecule has 522 valence electrons. The summed E-state index contributed by atoms with van der Waals surface area (Å²) in [7, 11) is 9.34. The Morgan fingerprint density at radius 1 is 0.505 bits per heavy atom. The smallest absolute Gasteiger partial charge is 0.390 e. The maximum atomic E-state index is 15.2. The van der Waals surface area contributed by atoms with E-state index < -0.39 is 175 Å². The molecule has 0 unspecified atom stereocenters. The summed E-state index contributed by atoms with van der Waals surface area (Å²) >= 11 is 0. The number of aliphatic hydroxyl groups is 1. The van der Waals surface area contributed by atoms with Crippen LogP contribution in [0.15, 0.2) is 0 Å². The van der Waals surface area contributed by atoms with Gasteiger partial charge in [0, 0.05) is 55.8 Å². The third-order valence-electron chi connectivity index (χ3n) is 16.6. The Kier molecular flexibility index (Phi) is 33.1. The number of hydrogen-bond acceptors (Lipinski definition) is 14. The molecular weight excluding hydrogens is 1190 g/mol. The second-order valence-electron chi connectivity index (χ2n) is 27.1. The number of nitrogens with one attached hydrogen (secondary N) is 4. The largest absolute Gasteiger partial charge is 0.575 e. The number of rotatable bonds is 17. The lowest BCUT2D eigenvalue weighted by Gasteiger charge is -2.41. The van der Waals surface area contributed by atoms with Crippen molar-refractivity contribution in [1.29, 1.82) is 0 Å². The van der Waals surface area contributed by atoms with Gasteiger partial charge in [0.15, 0.2) is 0 Å². The van der Waals surface area contributed by atoms with Crippen molar-refractivity contribution in [3.8, 4) is 0 Å². The number of carbonyl (C=O) groups excluding carboxylic acids is 12. The van der Waals surface area contributed by atoms with Crippen LogP contribution in [0.1, 0.15) is 162 Å². The van der Waals surface area contributed by atoms with E-state index in [2.05, 4.69) is 26.0 Å². The van der Waals surface area contributed by atoms with E-state index in [1.165, 1.54) is 84.8 Å². The number of alkyl halides is 3. The molecule has 5 N–H and O–H groups in total. The van der Waals surface area contributed by atoms with Gasteiger partial charge in [0.2, 0.25) is 65.0 Å². The SMILES string of the molecule is CC[C@@H]1NC(=O)[C@H]([C@H](O)[C@H](C)CCCC(=O)OC(F)(F)F)N(C)C(=O)[C@H](C(C)C)N(C)C(=O)[C@H](CC(C)C)N(C)C(=O)[C@H](CC(C)C)N(C)C(=O)[C@@H](C)NC(=O)[C@H](C)NC(=O)[C@H](CC(C)C)N(C)C(=O)[C@H](C(C)C)NC(=O)[C@H](CC(C)C)N(C)C(=O)CN(C)C1=O. The minimum Gasteiger partial charge on any atom is -0.390 e. The molecule has 0 bridgehead atoms. The highest BCUT2D eigenvalue weighted by atomic mass is 19.4. The van der Waals surface area contributed by atoms with Gasteiger partial charge in [-0.05, 0) is 100 Å². The molecule has 1 heterocycles. The Balaban J connectivity index is 4.35. The lowest BCUT2D eigenvalue weighted by atomic mass is 9.90. The molecule has 91 heavy (non-hydrogen) atoms. The number of nitrogens with zero attached hydrogens (tertiary/aromatic N) is 7. The van der Waals surface area contributed by atoms with Gasteiger partial charge in [-0.15, -0.1) is 13.2 Å². The number of ether oxygens (including phenoxy) is 1. The van der Waals surface area contributed by atoms with Gasteiger partial charge in [-0.2, -0.15) is 0 Å². The zero-order chi connectivity index (χ0) is 70.8. The standard InChI is InChI=1S/C63H110F3N11O14/c1-24-42-58(86)71(17)32-47(78)72(18)43(28-33(2)3)55(83)70-49(37(10)11)61(89)73(19)44(29-34(4)5)54(82)67-40(15)53(81)68-41(16)57(85)74(20)45(30-35(6)7)59(87)75(21)46(31-36(8)9)60(88)76(22)50(38(12)13)62(90)77(23)51(56(84)69-42)52(80)39(14)26-25-27-48(79)91-63(64,65)66/h33-46,49-52,80H,24-32H2,1-23H3,(H,67,82)(H,68,81)(H,69,84)(H,70,83)/t39-,40+,41-,42+,43+,44+,45+,46+,49+,50+,51+,52-/m1/s1. The molecule has 1 aliphatic rings. The second kappa shape index (κ2) is 36.6. The van der Waals surface area contributed by atoms with Gasteiger partial charge in [-0.1, -0.05) is 96.9 Å². The van der Waals surface area contributed by atoms with E-state index >= 15 is 9.59 Å². The summed E-state index contributed by atoms with van der Waals surface area (Å²) in [6.45, 7) is 26.3. The maximum absolute atomic E-state index is 15.2. The summed E-state index contributed by atoms with van der Waals surface area (Å²) in [6.07, 6.45) is -8.02. The molecule has 1 fully saturated rings. The normalized spacial score (nSPS) is 25.9. The fraction of sp³-hybridized carbons (Fsp3) is 0.810. The van der Waals surface area contributed by atoms with E-state index in [0.717, 1.165) is 19.6 Å². The lowest BCUT2D eigenvalue weighted by molar-refractivity contribution is -0.305. The molecule has 0 aromatic carbocycles. The average molecular weight is 1300 g/mol. The number of likely N-dealkylation sites (N-methyl/N-ethyl adjacent to an activating group) is 7. The Morgan fingerprint density at radius 2 is 0.923 bits per heavy atom. The van der Waals surface area contributed by atoms with Crippen LogP contribution in [-0.2, 0) is 62.3 Å². The fourth-order valence-corrected chi connectivity index (χ4v) is 11.1. The lowest BCUT2D eigenvalue weighted by Crippen LogP contribution is -2.63. The van der Waals surface area contributed by atoms with Gasteiger partial charge in [0.1, 0.15) is 60.4 Å². The molecule has 0 aromatic heterocycles. The van der Waals surface area contributed by atoms with E-state index in [9.17, 15) is 66.2 Å². The molecule has 0 aliphatic carbocycles. The van der Waals surface area contributed by atoms with Crippen molar-refractivity contribution in [1.82, 2.24) is 55.6 Å². The number of esters is 1. The van der Waals surface area contributed by atoms with Crippen LogP contribution in [0.3, 0.4) is 0 Å². The summed E-state index contributed by atoms with van der Waals surface area (Å²) in [5.41, 5.74) is 0. The minimum atomic E-state index is -5.25. The van der Waals surface area contributed by atoms with Crippen LogP contribution in [-0.4, -0.2) is 239 Å². The van der Waals surface area contributed by atoms with Crippen molar-refractivity contribution in [2.45, 2.75) is 235 Å². The Hall–Kier alpha value is -6.61. The van der Waals surface area contributed by atoms with Crippen LogP contribution in [0.5, 0.6) is 0 Å². The third kappa shape index (κ3) is 24.4. The van der Waals surface area contributed by atoms with E-state index in [0.29, 0.717) is 0 Å². The fourth-order valence-electron chi connectivity index (χ4n) is 11.1.